The minimum atomic E-state index is 1.10. The Bertz CT molecular complexity index is 303. The van der Waals surface area contributed by atoms with Crippen molar-refractivity contribution >= 4 is 0 Å². The molecule has 0 nitrogen and oxygen atoms in total. The van der Waals surface area contributed by atoms with Crippen molar-refractivity contribution in [2.75, 3.05) is 0 Å². The Morgan fingerprint density at radius 2 is 0.821 bits per heavy atom. The summed E-state index contributed by atoms with van der Waals surface area (Å²) in [5.41, 5.74) is 0. The van der Waals surface area contributed by atoms with Crippen molar-refractivity contribution in [2.45, 2.75) is 161 Å². The Hall–Kier alpha value is 0. The molecule has 2 rings (SSSR count). The van der Waals surface area contributed by atoms with Gasteiger partial charge in [0.25, 0.3) is 0 Å². The van der Waals surface area contributed by atoms with Gasteiger partial charge in [-0.15, -0.1) is 0 Å². The Morgan fingerprint density at radius 1 is 0.464 bits per heavy atom. The summed E-state index contributed by atoms with van der Waals surface area (Å²) in [4.78, 5) is 0. The molecule has 0 radical (unpaired) electrons. The van der Waals surface area contributed by atoms with Crippen LogP contribution in [0.15, 0.2) is 0 Å². The molecule has 2 saturated carbocycles. The van der Waals surface area contributed by atoms with E-state index < -0.39 is 0 Å². The Balaban J connectivity index is 1.47. The van der Waals surface area contributed by atoms with E-state index in [1.165, 1.54) is 122 Å². The molecule has 166 valence electrons. The fraction of sp³-hybridized carbons (Fsp3) is 1.00. The topological polar surface area (TPSA) is 0 Å². The maximum atomic E-state index is 2.31. The van der Waals surface area contributed by atoms with Crippen molar-refractivity contribution in [2.24, 2.45) is 17.8 Å². The van der Waals surface area contributed by atoms with Gasteiger partial charge in [0.1, 0.15) is 0 Å². The van der Waals surface area contributed by atoms with Gasteiger partial charge in [-0.25, -0.2) is 0 Å². The Labute approximate surface area is 179 Å². The van der Waals surface area contributed by atoms with Crippen LogP contribution in [0.1, 0.15) is 161 Å². The lowest BCUT2D eigenvalue weighted by atomic mass is 9.68. The highest BCUT2D eigenvalue weighted by atomic mass is 14.4. The van der Waals surface area contributed by atoms with E-state index in [9.17, 15) is 0 Å². The second-order valence-corrected chi connectivity index (χ2v) is 10.5. The van der Waals surface area contributed by atoms with E-state index in [0.29, 0.717) is 0 Å². The second kappa shape index (κ2) is 16.8. The highest BCUT2D eigenvalue weighted by Gasteiger charge is 2.30. The number of unbranched alkanes of at least 4 members (excludes halogenated alkanes) is 12. The first kappa shape index (κ1) is 24.3. The van der Waals surface area contributed by atoms with E-state index >= 15 is 0 Å². The van der Waals surface area contributed by atoms with Crippen molar-refractivity contribution in [3.05, 3.63) is 0 Å². The van der Waals surface area contributed by atoms with E-state index in [2.05, 4.69) is 6.92 Å². The maximum absolute atomic E-state index is 2.31. The summed E-state index contributed by atoms with van der Waals surface area (Å²) in [5.74, 6) is 3.32. The van der Waals surface area contributed by atoms with Gasteiger partial charge >= 0.3 is 0 Å². The summed E-state index contributed by atoms with van der Waals surface area (Å²) in [6.45, 7) is 2.31. The largest absolute Gasteiger partial charge is 0.0654 e. The summed E-state index contributed by atoms with van der Waals surface area (Å²) < 4.78 is 0. The molecule has 0 amide bonds. The highest BCUT2D eigenvalue weighted by Crippen LogP contribution is 2.42. The van der Waals surface area contributed by atoms with Crippen LogP contribution in [0.4, 0.5) is 0 Å². The quantitative estimate of drug-likeness (QED) is 0.230. The number of hydrogen-bond donors (Lipinski definition) is 0. The molecule has 0 atom stereocenters. The minimum absolute atomic E-state index is 1.10. The first-order valence-corrected chi connectivity index (χ1v) is 13.9. The van der Waals surface area contributed by atoms with E-state index in [4.69, 9.17) is 0 Å². The van der Waals surface area contributed by atoms with Crippen LogP contribution in [0.5, 0.6) is 0 Å². The van der Waals surface area contributed by atoms with Crippen LogP contribution in [0.25, 0.3) is 0 Å². The van der Waals surface area contributed by atoms with Gasteiger partial charge in [0.15, 0.2) is 0 Å². The lowest BCUT2D eigenvalue weighted by Gasteiger charge is -2.38. The normalized spacial score (nSPS) is 19.5. The van der Waals surface area contributed by atoms with Gasteiger partial charge in [0.2, 0.25) is 0 Å². The monoisotopic (exact) mass is 390 g/mol. The molecule has 2 aliphatic carbocycles. The fourth-order valence-corrected chi connectivity index (χ4v) is 6.38. The van der Waals surface area contributed by atoms with Crippen LogP contribution in [-0.4, -0.2) is 0 Å². The van der Waals surface area contributed by atoms with Gasteiger partial charge in [-0.05, 0) is 24.2 Å². The Kier molecular flexibility index (Phi) is 14.5. The van der Waals surface area contributed by atoms with E-state index in [1.54, 1.807) is 32.1 Å². The predicted octanol–water partition coefficient (Wildman–Crippen LogP) is 10.2. The zero-order valence-electron chi connectivity index (χ0n) is 19.7. The molecular weight excluding hydrogens is 336 g/mol. The molecule has 0 aromatic carbocycles. The summed E-state index contributed by atoms with van der Waals surface area (Å²) in [6, 6.07) is 0. The third kappa shape index (κ3) is 10.7. The standard InChI is InChI=1S/C28H54/c1-2-3-4-5-6-7-8-9-10-11-12-13-20-25-28(26-21-16-14-17-22-26)27-23-18-15-19-24-27/h26-28H,2-25H2,1H3. The molecule has 0 spiro atoms. The van der Waals surface area contributed by atoms with E-state index in [-0.39, 0.29) is 0 Å². The van der Waals surface area contributed by atoms with Crippen molar-refractivity contribution < 1.29 is 0 Å². The van der Waals surface area contributed by atoms with Crippen LogP contribution in [0.3, 0.4) is 0 Å². The number of hydrogen-bond acceptors (Lipinski definition) is 0. The molecule has 2 aliphatic rings. The molecule has 28 heavy (non-hydrogen) atoms. The molecule has 0 heterocycles. The van der Waals surface area contributed by atoms with Crippen LogP contribution < -0.4 is 0 Å². The third-order valence-electron chi connectivity index (χ3n) is 8.15. The summed E-state index contributed by atoms with van der Waals surface area (Å²) in [7, 11) is 0. The summed E-state index contributed by atoms with van der Waals surface area (Å²) in [5, 5.41) is 0. The highest BCUT2D eigenvalue weighted by molar-refractivity contribution is 4.81. The first-order valence-electron chi connectivity index (χ1n) is 13.9. The molecule has 0 saturated heterocycles. The minimum Gasteiger partial charge on any atom is -0.0654 e. The van der Waals surface area contributed by atoms with Gasteiger partial charge in [-0.3, -0.25) is 0 Å². The molecule has 0 aromatic heterocycles. The lowest BCUT2D eigenvalue weighted by Crippen LogP contribution is -2.27. The van der Waals surface area contributed by atoms with Crippen LogP contribution in [0.2, 0.25) is 0 Å². The fourth-order valence-electron chi connectivity index (χ4n) is 6.38. The van der Waals surface area contributed by atoms with Gasteiger partial charge in [0.05, 0.1) is 0 Å². The van der Waals surface area contributed by atoms with Crippen molar-refractivity contribution in [1.29, 1.82) is 0 Å². The molecular formula is C28H54. The van der Waals surface area contributed by atoms with Crippen molar-refractivity contribution in [3.8, 4) is 0 Å². The average molecular weight is 391 g/mol. The molecule has 0 N–H and O–H groups in total. The zero-order chi connectivity index (χ0) is 19.7. The van der Waals surface area contributed by atoms with Crippen molar-refractivity contribution in [3.63, 3.8) is 0 Å². The average Bonchev–Trinajstić information content (AvgIpc) is 2.75. The zero-order valence-corrected chi connectivity index (χ0v) is 19.7. The van der Waals surface area contributed by atoms with Gasteiger partial charge in [-0.1, -0.05) is 155 Å². The molecule has 0 heteroatoms. The van der Waals surface area contributed by atoms with Crippen LogP contribution in [0, 0.1) is 17.8 Å². The molecule has 0 unspecified atom stereocenters. The molecule has 0 aromatic rings. The van der Waals surface area contributed by atoms with Crippen LogP contribution >= 0.6 is 0 Å². The lowest BCUT2D eigenvalue weighted by molar-refractivity contribution is 0.131. The van der Waals surface area contributed by atoms with Crippen molar-refractivity contribution in [1.82, 2.24) is 0 Å². The maximum Gasteiger partial charge on any atom is -0.0357 e. The third-order valence-corrected chi connectivity index (χ3v) is 8.15. The molecule has 0 aliphatic heterocycles. The number of rotatable bonds is 16. The van der Waals surface area contributed by atoms with Crippen LogP contribution in [-0.2, 0) is 0 Å². The van der Waals surface area contributed by atoms with Gasteiger partial charge in [-0.2, -0.15) is 0 Å². The van der Waals surface area contributed by atoms with Gasteiger partial charge < -0.3 is 0 Å². The summed E-state index contributed by atoms with van der Waals surface area (Å²) in [6.07, 6.45) is 36.4. The smallest absolute Gasteiger partial charge is 0.0357 e. The van der Waals surface area contributed by atoms with Gasteiger partial charge in [0, 0.05) is 0 Å². The molecule has 2 fully saturated rings. The molecule has 0 bridgehead atoms. The Morgan fingerprint density at radius 3 is 1.21 bits per heavy atom. The van der Waals surface area contributed by atoms with E-state index in [0.717, 1.165) is 17.8 Å². The van der Waals surface area contributed by atoms with E-state index in [1.807, 2.05) is 0 Å². The summed E-state index contributed by atoms with van der Waals surface area (Å²) >= 11 is 0. The second-order valence-electron chi connectivity index (χ2n) is 10.5. The SMILES string of the molecule is CCCCCCCCCCCCCCCC(C1CCCCC1)C1CCCCC1. The first-order chi connectivity index (χ1) is 13.9. The predicted molar refractivity (Wildman–Crippen MR) is 127 cm³/mol.